The van der Waals surface area contributed by atoms with Gasteiger partial charge in [-0.1, -0.05) is 18.5 Å². The van der Waals surface area contributed by atoms with E-state index in [0.29, 0.717) is 12.2 Å². The molecule has 2 heterocycles. The number of aryl methyl sites for hydroxylation is 1. The van der Waals surface area contributed by atoms with Gasteiger partial charge in [0.25, 0.3) is 0 Å². The van der Waals surface area contributed by atoms with Crippen LogP contribution < -0.4 is 0 Å². The van der Waals surface area contributed by atoms with Crippen molar-refractivity contribution in [2.24, 2.45) is 0 Å². The monoisotopic (exact) mass is 267 g/mol. The van der Waals surface area contributed by atoms with E-state index >= 15 is 0 Å². The molecular formula is C10H10ClN5O2. The molecule has 0 bridgehead atoms. The van der Waals surface area contributed by atoms with Gasteiger partial charge in [0, 0.05) is 18.8 Å². The van der Waals surface area contributed by atoms with Gasteiger partial charge >= 0.3 is 5.69 Å². The molecule has 7 nitrogen and oxygen atoms in total. The first-order valence-corrected chi connectivity index (χ1v) is 5.70. The molecule has 0 aromatic carbocycles. The van der Waals surface area contributed by atoms with Gasteiger partial charge in [-0.3, -0.25) is 14.7 Å². The number of halogens is 1. The maximum absolute atomic E-state index is 11.0. The topological polar surface area (TPSA) is 86.7 Å². The zero-order valence-corrected chi connectivity index (χ0v) is 10.3. The molecule has 0 saturated heterocycles. The highest BCUT2D eigenvalue weighted by atomic mass is 35.5. The van der Waals surface area contributed by atoms with E-state index in [-0.39, 0.29) is 16.7 Å². The molecule has 0 atom stereocenters. The first-order chi connectivity index (χ1) is 8.65. The molecule has 94 valence electrons. The number of nitro groups is 1. The van der Waals surface area contributed by atoms with E-state index in [9.17, 15) is 10.1 Å². The van der Waals surface area contributed by atoms with Crippen molar-refractivity contribution in [1.29, 1.82) is 0 Å². The fourth-order valence-electron chi connectivity index (χ4n) is 1.62. The third-order valence-corrected chi connectivity index (χ3v) is 2.64. The largest absolute Gasteiger partial charge is 0.349 e. The highest BCUT2D eigenvalue weighted by Gasteiger charge is 2.24. The van der Waals surface area contributed by atoms with Crippen LogP contribution in [0.15, 0.2) is 18.7 Å². The minimum atomic E-state index is -0.590. The van der Waals surface area contributed by atoms with E-state index in [1.165, 1.54) is 6.33 Å². The zero-order chi connectivity index (χ0) is 13.1. The van der Waals surface area contributed by atoms with Crippen LogP contribution in [0.5, 0.6) is 0 Å². The van der Waals surface area contributed by atoms with Gasteiger partial charge in [0.2, 0.25) is 11.0 Å². The smallest absolute Gasteiger partial charge is 0.282 e. The fraction of sp³-hybridized carbons (Fsp3) is 0.300. The normalized spacial score (nSPS) is 10.6. The van der Waals surface area contributed by atoms with Crippen molar-refractivity contribution in [3.63, 3.8) is 0 Å². The second-order valence-electron chi connectivity index (χ2n) is 3.56. The van der Waals surface area contributed by atoms with Crippen molar-refractivity contribution < 1.29 is 4.92 Å². The number of aromatic nitrogens is 4. The zero-order valence-electron chi connectivity index (χ0n) is 9.58. The summed E-state index contributed by atoms with van der Waals surface area (Å²) in [5.74, 6) is 0.844. The van der Waals surface area contributed by atoms with E-state index in [2.05, 4.69) is 15.0 Å². The molecule has 0 unspecified atom stereocenters. The Morgan fingerprint density at radius 2 is 2.22 bits per heavy atom. The van der Waals surface area contributed by atoms with Crippen LogP contribution in [0.25, 0.3) is 5.82 Å². The van der Waals surface area contributed by atoms with Crippen molar-refractivity contribution in [3.05, 3.63) is 39.8 Å². The number of hydrogen-bond donors (Lipinski definition) is 0. The predicted molar refractivity (Wildman–Crippen MR) is 64.8 cm³/mol. The van der Waals surface area contributed by atoms with Crippen LogP contribution in [0.1, 0.15) is 19.2 Å². The Morgan fingerprint density at radius 1 is 1.44 bits per heavy atom. The van der Waals surface area contributed by atoms with Gasteiger partial charge in [0.1, 0.15) is 12.2 Å². The maximum Gasteiger partial charge on any atom is 0.349 e. The van der Waals surface area contributed by atoms with Crippen molar-refractivity contribution >= 4 is 17.3 Å². The minimum absolute atomic E-state index is 0.140. The minimum Gasteiger partial charge on any atom is -0.282 e. The number of nitrogens with zero attached hydrogens (tertiary/aromatic N) is 5. The summed E-state index contributed by atoms with van der Waals surface area (Å²) >= 11 is 5.74. The van der Waals surface area contributed by atoms with E-state index < -0.39 is 4.92 Å². The van der Waals surface area contributed by atoms with E-state index in [0.717, 1.165) is 6.42 Å². The van der Waals surface area contributed by atoms with E-state index in [4.69, 9.17) is 11.6 Å². The predicted octanol–water partition coefficient (Wildman–Crippen LogP) is 2.18. The maximum atomic E-state index is 11.0. The molecule has 0 spiro atoms. The second kappa shape index (κ2) is 5.09. The average molecular weight is 268 g/mol. The summed E-state index contributed by atoms with van der Waals surface area (Å²) in [6, 6.07) is 0. The van der Waals surface area contributed by atoms with Gasteiger partial charge < -0.3 is 0 Å². The van der Waals surface area contributed by atoms with Crippen LogP contribution in [0.3, 0.4) is 0 Å². The molecule has 2 aromatic rings. The Balaban J connectivity index is 2.60. The Labute approximate surface area is 108 Å². The first kappa shape index (κ1) is 12.4. The van der Waals surface area contributed by atoms with Crippen LogP contribution in [0.2, 0.25) is 5.15 Å². The molecule has 0 saturated carbocycles. The number of hydrogen-bond acceptors (Lipinski definition) is 5. The van der Waals surface area contributed by atoms with Crippen molar-refractivity contribution in [2.45, 2.75) is 19.8 Å². The van der Waals surface area contributed by atoms with Crippen molar-refractivity contribution in [2.75, 3.05) is 0 Å². The third kappa shape index (κ3) is 2.17. The van der Waals surface area contributed by atoms with Crippen LogP contribution in [0, 0.1) is 10.1 Å². The van der Waals surface area contributed by atoms with Crippen LogP contribution in [-0.2, 0) is 6.42 Å². The van der Waals surface area contributed by atoms with E-state index in [1.807, 2.05) is 6.92 Å². The summed E-state index contributed by atoms with van der Waals surface area (Å²) in [4.78, 5) is 22.1. The Kier molecular flexibility index (Phi) is 3.52. The molecule has 0 radical (unpaired) electrons. The average Bonchev–Trinajstić information content (AvgIpc) is 2.76. The molecular weight excluding hydrogens is 258 g/mol. The SMILES string of the molecule is CCCc1nccn1-c1ncnc(Cl)c1[N+](=O)[O-]. The molecule has 0 N–H and O–H groups in total. The lowest BCUT2D eigenvalue weighted by molar-refractivity contribution is -0.385. The molecule has 8 heteroatoms. The van der Waals surface area contributed by atoms with Crippen LogP contribution >= 0.6 is 11.6 Å². The van der Waals surface area contributed by atoms with Gasteiger partial charge in [-0.2, -0.15) is 0 Å². The highest BCUT2D eigenvalue weighted by Crippen LogP contribution is 2.27. The molecule has 0 aliphatic rings. The second-order valence-corrected chi connectivity index (χ2v) is 3.92. The highest BCUT2D eigenvalue weighted by molar-refractivity contribution is 6.31. The molecule has 0 aliphatic carbocycles. The molecule has 2 aromatic heterocycles. The van der Waals surface area contributed by atoms with Gasteiger partial charge in [-0.25, -0.2) is 15.0 Å². The van der Waals surface area contributed by atoms with Crippen LogP contribution in [-0.4, -0.2) is 24.4 Å². The molecule has 2 rings (SSSR count). The van der Waals surface area contributed by atoms with Gasteiger partial charge in [-0.05, 0) is 6.42 Å². The lowest BCUT2D eigenvalue weighted by Gasteiger charge is -2.06. The first-order valence-electron chi connectivity index (χ1n) is 5.32. The Morgan fingerprint density at radius 3 is 2.89 bits per heavy atom. The molecule has 0 aliphatic heterocycles. The van der Waals surface area contributed by atoms with Crippen molar-refractivity contribution in [1.82, 2.24) is 19.5 Å². The lowest BCUT2D eigenvalue weighted by Crippen LogP contribution is -2.07. The summed E-state index contributed by atoms with van der Waals surface area (Å²) < 4.78 is 1.56. The summed E-state index contributed by atoms with van der Waals surface area (Å²) in [6.07, 6.45) is 5.97. The third-order valence-electron chi connectivity index (χ3n) is 2.36. The summed E-state index contributed by atoms with van der Waals surface area (Å²) in [5.41, 5.74) is -0.311. The summed E-state index contributed by atoms with van der Waals surface area (Å²) in [7, 11) is 0. The van der Waals surface area contributed by atoms with Gasteiger partial charge in [0.15, 0.2) is 0 Å². The Bertz CT molecular complexity index is 583. The summed E-state index contributed by atoms with van der Waals surface area (Å²) in [5, 5.41) is 10.8. The van der Waals surface area contributed by atoms with Crippen molar-refractivity contribution in [3.8, 4) is 5.82 Å². The van der Waals surface area contributed by atoms with Gasteiger partial charge in [0.05, 0.1) is 4.92 Å². The Hall–Kier alpha value is -2.02. The van der Waals surface area contributed by atoms with E-state index in [1.54, 1.807) is 17.0 Å². The standard InChI is InChI=1S/C10H10ClN5O2/c1-2-3-7-12-4-5-15(7)10-8(16(17)18)9(11)13-6-14-10/h4-6H,2-3H2,1H3. The lowest BCUT2D eigenvalue weighted by atomic mass is 10.3. The number of rotatable bonds is 4. The van der Waals surface area contributed by atoms with Crippen LogP contribution in [0.4, 0.5) is 5.69 Å². The quantitative estimate of drug-likeness (QED) is 0.481. The molecule has 0 fully saturated rings. The molecule has 18 heavy (non-hydrogen) atoms. The van der Waals surface area contributed by atoms with Gasteiger partial charge in [-0.15, -0.1) is 0 Å². The number of imidazole rings is 1. The fourth-order valence-corrected chi connectivity index (χ4v) is 1.81. The summed E-state index contributed by atoms with van der Waals surface area (Å²) in [6.45, 7) is 2.00. The molecule has 0 amide bonds.